The molecule has 92 valence electrons. The summed E-state index contributed by atoms with van der Waals surface area (Å²) in [6.45, 7) is 1.93. The summed E-state index contributed by atoms with van der Waals surface area (Å²) in [6, 6.07) is 4.60. The predicted octanol–water partition coefficient (Wildman–Crippen LogP) is 3.22. The van der Waals surface area contributed by atoms with Crippen molar-refractivity contribution in [1.82, 2.24) is 14.8 Å². The number of hydrogen-bond acceptors (Lipinski definition) is 4. The molecule has 6 heteroatoms. The Morgan fingerprint density at radius 2 is 2.22 bits per heavy atom. The zero-order valence-corrected chi connectivity index (χ0v) is 10.8. The van der Waals surface area contributed by atoms with E-state index < -0.39 is 0 Å². The first-order valence-corrected chi connectivity index (χ1v) is 6.27. The number of benzene rings is 1. The topological polar surface area (TPSA) is 42.7 Å². The van der Waals surface area contributed by atoms with Gasteiger partial charge in [0.05, 0.1) is 21.6 Å². The lowest BCUT2D eigenvalue weighted by Crippen LogP contribution is -1.89. The molecule has 0 aliphatic rings. The molecule has 2 aromatic heterocycles. The van der Waals surface area contributed by atoms with Gasteiger partial charge in [0.2, 0.25) is 0 Å². The number of hydrogen-bond donors (Lipinski definition) is 1. The Balaban J connectivity index is 1.97. The van der Waals surface area contributed by atoms with E-state index in [9.17, 15) is 4.39 Å². The number of aryl methyl sites for hydroxylation is 2. The summed E-state index contributed by atoms with van der Waals surface area (Å²) in [5.74, 6) is -0.241. The molecule has 0 aliphatic heterocycles. The molecular formula is C12H11FN4S. The fraction of sp³-hybridized carbons (Fsp3) is 0.167. The van der Waals surface area contributed by atoms with Crippen LogP contribution in [-0.2, 0) is 7.05 Å². The van der Waals surface area contributed by atoms with Crippen molar-refractivity contribution in [3.63, 3.8) is 0 Å². The van der Waals surface area contributed by atoms with E-state index in [2.05, 4.69) is 15.4 Å². The van der Waals surface area contributed by atoms with Gasteiger partial charge in [-0.05, 0) is 25.1 Å². The van der Waals surface area contributed by atoms with Crippen LogP contribution in [0.4, 0.5) is 15.2 Å². The van der Waals surface area contributed by atoms with Gasteiger partial charge in [0.25, 0.3) is 0 Å². The van der Waals surface area contributed by atoms with Crippen LogP contribution in [0.25, 0.3) is 10.2 Å². The predicted molar refractivity (Wildman–Crippen MR) is 70.8 cm³/mol. The molecular weight excluding hydrogens is 251 g/mol. The average Bonchev–Trinajstić information content (AvgIpc) is 2.82. The van der Waals surface area contributed by atoms with E-state index in [0.29, 0.717) is 0 Å². The van der Waals surface area contributed by atoms with E-state index >= 15 is 0 Å². The van der Waals surface area contributed by atoms with Gasteiger partial charge in [-0.2, -0.15) is 5.10 Å². The summed E-state index contributed by atoms with van der Waals surface area (Å²) in [7, 11) is 1.87. The van der Waals surface area contributed by atoms with Gasteiger partial charge in [-0.25, -0.2) is 9.37 Å². The van der Waals surface area contributed by atoms with Crippen LogP contribution in [0.2, 0.25) is 0 Å². The van der Waals surface area contributed by atoms with Crippen LogP contribution in [0.5, 0.6) is 0 Å². The van der Waals surface area contributed by atoms with Crippen LogP contribution >= 0.6 is 11.3 Å². The molecule has 0 bridgehead atoms. The third-order valence-corrected chi connectivity index (χ3v) is 3.54. The fourth-order valence-corrected chi connectivity index (χ4v) is 2.69. The first-order valence-electron chi connectivity index (χ1n) is 5.45. The smallest absolute Gasteiger partial charge is 0.188 e. The second kappa shape index (κ2) is 4.06. The summed E-state index contributed by atoms with van der Waals surface area (Å²) in [6.07, 6.45) is 1.89. The van der Waals surface area contributed by atoms with Gasteiger partial charge < -0.3 is 5.32 Å². The molecule has 0 amide bonds. The molecule has 2 heterocycles. The van der Waals surface area contributed by atoms with Gasteiger partial charge in [-0.1, -0.05) is 11.3 Å². The van der Waals surface area contributed by atoms with Crippen molar-refractivity contribution >= 4 is 32.4 Å². The van der Waals surface area contributed by atoms with E-state index in [1.54, 1.807) is 10.7 Å². The van der Waals surface area contributed by atoms with Crippen molar-refractivity contribution in [2.75, 3.05) is 5.32 Å². The Hall–Kier alpha value is -1.95. The first-order chi connectivity index (χ1) is 8.61. The Labute approximate surface area is 107 Å². The highest BCUT2D eigenvalue weighted by molar-refractivity contribution is 7.22. The largest absolute Gasteiger partial charge is 0.329 e. The number of rotatable bonds is 2. The maximum atomic E-state index is 13.1. The molecule has 0 spiro atoms. The molecule has 0 atom stereocenters. The lowest BCUT2D eigenvalue weighted by atomic mass is 10.3. The van der Waals surface area contributed by atoms with Crippen LogP contribution in [-0.4, -0.2) is 14.8 Å². The Morgan fingerprint density at radius 3 is 2.94 bits per heavy atom. The molecule has 3 aromatic rings. The highest BCUT2D eigenvalue weighted by atomic mass is 32.1. The van der Waals surface area contributed by atoms with E-state index in [-0.39, 0.29) is 5.82 Å². The number of thiazole rings is 1. The molecule has 0 saturated heterocycles. The van der Waals surface area contributed by atoms with Crippen molar-refractivity contribution in [2.45, 2.75) is 6.92 Å². The van der Waals surface area contributed by atoms with Crippen LogP contribution in [0.1, 0.15) is 5.69 Å². The second-order valence-corrected chi connectivity index (χ2v) is 5.09. The molecule has 1 aromatic carbocycles. The maximum Gasteiger partial charge on any atom is 0.188 e. The minimum Gasteiger partial charge on any atom is -0.329 e. The highest BCUT2D eigenvalue weighted by Crippen LogP contribution is 2.29. The maximum absolute atomic E-state index is 13.1. The number of nitrogens with zero attached hydrogens (tertiary/aromatic N) is 3. The molecule has 0 radical (unpaired) electrons. The second-order valence-electron chi connectivity index (χ2n) is 4.06. The van der Waals surface area contributed by atoms with Crippen LogP contribution in [0.15, 0.2) is 24.4 Å². The SMILES string of the molecule is Cc1nn(C)cc1Nc1nc2ccc(F)cc2s1. The van der Waals surface area contributed by atoms with Gasteiger partial charge in [0.15, 0.2) is 5.13 Å². The fourth-order valence-electron chi connectivity index (χ4n) is 1.79. The van der Waals surface area contributed by atoms with Crippen molar-refractivity contribution in [3.05, 3.63) is 35.9 Å². The standard InChI is InChI=1S/C12H11FN4S/c1-7-10(6-17(2)16-7)15-12-14-9-4-3-8(13)5-11(9)18-12/h3-6H,1-2H3,(H,14,15). The van der Waals surface area contributed by atoms with Gasteiger partial charge in [-0.15, -0.1) is 0 Å². The van der Waals surface area contributed by atoms with Crippen LogP contribution in [0.3, 0.4) is 0 Å². The van der Waals surface area contributed by atoms with Gasteiger partial charge in [0, 0.05) is 13.2 Å². The van der Waals surface area contributed by atoms with Crippen molar-refractivity contribution in [2.24, 2.45) is 7.05 Å². The third-order valence-electron chi connectivity index (χ3n) is 2.61. The first kappa shape index (κ1) is 11.2. The number of halogens is 1. The number of nitrogens with one attached hydrogen (secondary N) is 1. The summed E-state index contributed by atoms with van der Waals surface area (Å²) >= 11 is 1.42. The minimum absolute atomic E-state index is 0.241. The molecule has 0 fully saturated rings. The van der Waals surface area contributed by atoms with Crippen LogP contribution in [0, 0.1) is 12.7 Å². The zero-order valence-electron chi connectivity index (χ0n) is 9.94. The molecule has 18 heavy (non-hydrogen) atoms. The third kappa shape index (κ3) is 1.95. The normalized spacial score (nSPS) is 11.1. The molecule has 3 rings (SSSR count). The molecule has 1 N–H and O–H groups in total. The molecule has 4 nitrogen and oxygen atoms in total. The quantitative estimate of drug-likeness (QED) is 0.771. The van der Waals surface area contributed by atoms with E-state index in [4.69, 9.17) is 0 Å². The zero-order chi connectivity index (χ0) is 12.7. The Morgan fingerprint density at radius 1 is 1.39 bits per heavy atom. The van der Waals surface area contributed by atoms with Gasteiger partial charge in [-0.3, -0.25) is 4.68 Å². The Kier molecular flexibility index (Phi) is 2.52. The number of anilines is 2. The van der Waals surface area contributed by atoms with Crippen molar-refractivity contribution in [3.8, 4) is 0 Å². The summed E-state index contributed by atoms with van der Waals surface area (Å²) in [5.41, 5.74) is 2.62. The average molecular weight is 262 g/mol. The van der Waals surface area contributed by atoms with E-state index in [1.165, 1.54) is 23.5 Å². The van der Waals surface area contributed by atoms with Crippen molar-refractivity contribution < 1.29 is 4.39 Å². The molecule has 0 unspecified atom stereocenters. The van der Waals surface area contributed by atoms with Gasteiger partial charge >= 0.3 is 0 Å². The molecule has 0 saturated carbocycles. The summed E-state index contributed by atoms with van der Waals surface area (Å²) in [5, 5.41) is 8.19. The number of aromatic nitrogens is 3. The lowest BCUT2D eigenvalue weighted by Gasteiger charge is -1.97. The van der Waals surface area contributed by atoms with Gasteiger partial charge in [0.1, 0.15) is 5.82 Å². The summed E-state index contributed by atoms with van der Waals surface area (Å²) < 4.78 is 15.7. The van der Waals surface area contributed by atoms with E-state index in [1.807, 2.05) is 20.2 Å². The highest BCUT2D eigenvalue weighted by Gasteiger charge is 2.08. The lowest BCUT2D eigenvalue weighted by molar-refractivity contribution is 0.630. The minimum atomic E-state index is -0.241. The summed E-state index contributed by atoms with van der Waals surface area (Å²) in [4.78, 5) is 4.40. The Bertz CT molecular complexity index is 716. The molecule has 0 aliphatic carbocycles. The monoisotopic (exact) mass is 262 g/mol. The van der Waals surface area contributed by atoms with Crippen LogP contribution < -0.4 is 5.32 Å². The number of fused-ring (bicyclic) bond motifs is 1. The van der Waals surface area contributed by atoms with Crippen molar-refractivity contribution in [1.29, 1.82) is 0 Å². The van der Waals surface area contributed by atoms with E-state index in [0.717, 1.165) is 26.7 Å².